The number of rotatable bonds is 5. The minimum atomic E-state index is -0.737. The van der Waals surface area contributed by atoms with E-state index in [1.54, 1.807) is 7.11 Å². The fourth-order valence-electron chi connectivity index (χ4n) is 3.52. The van der Waals surface area contributed by atoms with Crippen LogP contribution in [0.1, 0.15) is 52.4 Å². The number of aliphatic hydroxyl groups is 1. The highest BCUT2D eigenvalue weighted by atomic mass is 16.7. The van der Waals surface area contributed by atoms with Gasteiger partial charge in [0.25, 0.3) is 0 Å². The molecule has 0 aromatic rings. The van der Waals surface area contributed by atoms with Crippen molar-refractivity contribution in [2.75, 3.05) is 7.11 Å². The summed E-state index contributed by atoms with van der Waals surface area (Å²) in [7, 11) is 1.73. The predicted octanol–water partition coefficient (Wildman–Crippen LogP) is 3.35. The third-order valence-electron chi connectivity index (χ3n) is 4.62. The van der Waals surface area contributed by atoms with Gasteiger partial charge in [0.1, 0.15) is 0 Å². The van der Waals surface area contributed by atoms with Crippen LogP contribution in [-0.4, -0.2) is 42.4 Å². The van der Waals surface area contributed by atoms with E-state index < -0.39 is 11.9 Å². The fourth-order valence-corrected chi connectivity index (χ4v) is 3.52. The third kappa shape index (κ3) is 4.42. The van der Waals surface area contributed by atoms with Gasteiger partial charge in [-0.25, -0.2) is 0 Å². The Balaban J connectivity index is 2.13. The maximum Gasteiger partial charge on any atom is 0.174 e. The summed E-state index contributed by atoms with van der Waals surface area (Å²) < 4.78 is 18.1. The Labute approximate surface area is 134 Å². The predicted molar refractivity (Wildman–Crippen MR) is 86.6 cm³/mol. The first-order valence-electron chi connectivity index (χ1n) is 8.36. The van der Waals surface area contributed by atoms with Crippen LogP contribution in [0.25, 0.3) is 0 Å². The summed E-state index contributed by atoms with van der Waals surface area (Å²) in [4.78, 5) is 0. The zero-order valence-corrected chi connectivity index (χ0v) is 14.1. The molecule has 0 saturated carbocycles. The number of ether oxygens (including phenoxy) is 3. The van der Waals surface area contributed by atoms with Crippen molar-refractivity contribution < 1.29 is 19.3 Å². The molecule has 2 saturated heterocycles. The standard InChI is InChI=1S/C18H30O4/c1-5-7-15-9-14(19)11-18(21-15)12-17(20-4)10-16(22-18)8-13(3)6-2/h5,7,14-17,19H,3,6,8-12H2,1-2,4H3/b7-5+/t14-,15-,16+,17-,18+/m0/s1. The van der Waals surface area contributed by atoms with Crippen molar-refractivity contribution in [3.63, 3.8) is 0 Å². The van der Waals surface area contributed by atoms with Gasteiger partial charge in [-0.2, -0.15) is 0 Å². The molecule has 5 atom stereocenters. The van der Waals surface area contributed by atoms with Crippen molar-refractivity contribution in [2.24, 2.45) is 0 Å². The second kappa shape index (κ2) is 7.73. The monoisotopic (exact) mass is 310 g/mol. The molecule has 0 amide bonds. The molecule has 2 aliphatic heterocycles. The minimum absolute atomic E-state index is 0.0442. The van der Waals surface area contributed by atoms with Gasteiger partial charge in [-0.3, -0.25) is 0 Å². The minimum Gasteiger partial charge on any atom is -0.393 e. The molecule has 0 radical (unpaired) electrons. The third-order valence-corrected chi connectivity index (χ3v) is 4.62. The van der Waals surface area contributed by atoms with Gasteiger partial charge in [-0.1, -0.05) is 31.2 Å². The SMILES string of the molecule is C=C(CC)C[C@@H]1C[C@H](OC)C[C@@]2(C[C@@H](O)C[C@H](/C=C/C)O2)O1. The Morgan fingerprint density at radius 3 is 2.77 bits per heavy atom. The molecule has 4 nitrogen and oxygen atoms in total. The number of hydrogen-bond donors (Lipinski definition) is 1. The van der Waals surface area contributed by atoms with Crippen LogP contribution in [0.2, 0.25) is 0 Å². The summed E-state index contributed by atoms with van der Waals surface area (Å²) in [5.74, 6) is -0.737. The maximum atomic E-state index is 10.2. The number of allylic oxidation sites excluding steroid dienone is 1. The topological polar surface area (TPSA) is 47.9 Å². The lowest BCUT2D eigenvalue weighted by atomic mass is 9.88. The largest absolute Gasteiger partial charge is 0.393 e. The lowest BCUT2D eigenvalue weighted by molar-refractivity contribution is -0.333. The first kappa shape index (κ1) is 17.7. The zero-order chi connectivity index (χ0) is 16.2. The molecule has 2 aliphatic rings. The average molecular weight is 310 g/mol. The van der Waals surface area contributed by atoms with Gasteiger partial charge >= 0.3 is 0 Å². The molecule has 2 fully saturated rings. The molecule has 2 rings (SSSR count). The van der Waals surface area contributed by atoms with E-state index in [0.29, 0.717) is 19.3 Å². The van der Waals surface area contributed by atoms with Crippen molar-refractivity contribution in [1.82, 2.24) is 0 Å². The van der Waals surface area contributed by atoms with E-state index in [4.69, 9.17) is 14.2 Å². The highest BCUT2D eigenvalue weighted by molar-refractivity contribution is 5.01. The van der Waals surface area contributed by atoms with Crippen LogP contribution in [0.15, 0.2) is 24.3 Å². The van der Waals surface area contributed by atoms with Crippen LogP contribution in [0, 0.1) is 0 Å². The normalized spacial score (nSPS) is 39.5. The molecular weight excluding hydrogens is 280 g/mol. The lowest BCUT2D eigenvalue weighted by Crippen LogP contribution is -2.54. The van der Waals surface area contributed by atoms with Crippen molar-refractivity contribution in [3.8, 4) is 0 Å². The molecule has 0 aromatic heterocycles. The highest BCUT2D eigenvalue weighted by Crippen LogP contribution is 2.41. The molecule has 2 heterocycles. The zero-order valence-electron chi connectivity index (χ0n) is 14.1. The van der Waals surface area contributed by atoms with Crippen LogP contribution in [0.5, 0.6) is 0 Å². The molecule has 4 heteroatoms. The summed E-state index contributed by atoms with van der Waals surface area (Å²) in [6.07, 6.45) is 8.03. The maximum absolute atomic E-state index is 10.2. The summed E-state index contributed by atoms with van der Waals surface area (Å²) in [6, 6.07) is 0. The Kier molecular flexibility index (Phi) is 6.21. The smallest absolute Gasteiger partial charge is 0.174 e. The van der Waals surface area contributed by atoms with E-state index in [1.165, 1.54) is 5.57 Å². The molecule has 0 aromatic carbocycles. The van der Waals surface area contributed by atoms with E-state index in [9.17, 15) is 5.11 Å². The second-order valence-electron chi connectivity index (χ2n) is 6.53. The summed E-state index contributed by atoms with van der Waals surface area (Å²) >= 11 is 0. The van der Waals surface area contributed by atoms with Crippen LogP contribution in [-0.2, 0) is 14.2 Å². The molecule has 126 valence electrons. The molecular formula is C18H30O4. The Morgan fingerprint density at radius 2 is 2.14 bits per heavy atom. The average Bonchev–Trinajstić information content (AvgIpc) is 2.45. The van der Waals surface area contributed by atoms with Gasteiger partial charge < -0.3 is 19.3 Å². The van der Waals surface area contributed by atoms with Gasteiger partial charge in [-0.15, -0.1) is 0 Å². The number of hydrogen-bond acceptors (Lipinski definition) is 4. The van der Waals surface area contributed by atoms with E-state index in [2.05, 4.69) is 13.5 Å². The molecule has 0 bridgehead atoms. The van der Waals surface area contributed by atoms with Crippen LogP contribution in [0.4, 0.5) is 0 Å². The second-order valence-corrected chi connectivity index (χ2v) is 6.53. The Morgan fingerprint density at radius 1 is 1.36 bits per heavy atom. The van der Waals surface area contributed by atoms with Crippen molar-refractivity contribution >= 4 is 0 Å². The molecule has 0 unspecified atom stereocenters. The van der Waals surface area contributed by atoms with Crippen LogP contribution in [0.3, 0.4) is 0 Å². The fraction of sp³-hybridized carbons (Fsp3) is 0.778. The van der Waals surface area contributed by atoms with Crippen LogP contribution < -0.4 is 0 Å². The number of aliphatic hydroxyl groups excluding tert-OH is 1. The summed E-state index contributed by atoms with van der Waals surface area (Å²) in [5.41, 5.74) is 1.18. The molecule has 1 spiro atoms. The summed E-state index contributed by atoms with van der Waals surface area (Å²) in [6.45, 7) is 8.16. The first-order valence-corrected chi connectivity index (χ1v) is 8.36. The van der Waals surface area contributed by atoms with E-state index in [-0.39, 0.29) is 18.3 Å². The van der Waals surface area contributed by atoms with Crippen LogP contribution >= 0.6 is 0 Å². The molecule has 22 heavy (non-hydrogen) atoms. The van der Waals surface area contributed by atoms with E-state index in [1.807, 2.05) is 19.1 Å². The van der Waals surface area contributed by atoms with E-state index in [0.717, 1.165) is 19.3 Å². The Hall–Kier alpha value is -0.680. The van der Waals surface area contributed by atoms with Gasteiger partial charge in [0, 0.05) is 32.8 Å². The molecule has 1 N–H and O–H groups in total. The van der Waals surface area contributed by atoms with Crippen molar-refractivity contribution in [1.29, 1.82) is 0 Å². The highest BCUT2D eigenvalue weighted by Gasteiger charge is 2.48. The lowest BCUT2D eigenvalue weighted by Gasteiger charge is -2.49. The van der Waals surface area contributed by atoms with Gasteiger partial charge in [-0.05, 0) is 19.8 Å². The molecule has 0 aliphatic carbocycles. The van der Waals surface area contributed by atoms with Gasteiger partial charge in [0.15, 0.2) is 5.79 Å². The van der Waals surface area contributed by atoms with Crippen molar-refractivity contribution in [2.45, 2.75) is 82.6 Å². The van der Waals surface area contributed by atoms with Gasteiger partial charge in [0.2, 0.25) is 0 Å². The quantitative estimate of drug-likeness (QED) is 0.791. The van der Waals surface area contributed by atoms with E-state index >= 15 is 0 Å². The van der Waals surface area contributed by atoms with Crippen molar-refractivity contribution in [3.05, 3.63) is 24.3 Å². The summed E-state index contributed by atoms with van der Waals surface area (Å²) in [5, 5.41) is 10.2. The first-order chi connectivity index (χ1) is 10.5. The van der Waals surface area contributed by atoms with Gasteiger partial charge in [0.05, 0.1) is 24.4 Å². The Bertz CT molecular complexity index is 406. The number of methoxy groups -OCH3 is 1.